The summed E-state index contributed by atoms with van der Waals surface area (Å²) in [5.41, 5.74) is 0.0373. The zero-order valence-corrected chi connectivity index (χ0v) is 15.1. The van der Waals surface area contributed by atoms with Crippen molar-refractivity contribution in [1.29, 1.82) is 5.26 Å². The predicted octanol–water partition coefficient (Wildman–Crippen LogP) is 6.87. The van der Waals surface area contributed by atoms with Gasteiger partial charge in [0.1, 0.15) is 0 Å². The highest BCUT2D eigenvalue weighted by molar-refractivity contribution is 5.02. The third-order valence-electron chi connectivity index (χ3n) is 6.62. The number of rotatable bonds is 7. The van der Waals surface area contributed by atoms with Crippen LogP contribution in [0.5, 0.6) is 0 Å². The molecule has 2 fully saturated rings. The number of nitriles is 1. The maximum Gasteiger partial charge on any atom is 0.0689 e. The minimum Gasteiger partial charge on any atom is -0.198 e. The van der Waals surface area contributed by atoms with Crippen LogP contribution in [0.2, 0.25) is 0 Å². The molecule has 2 aliphatic rings. The van der Waals surface area contributed by atoms with Gasteiger partial charge in [-0.05, 0) is 49.9 Å². The molecule has 126 valence electrons. The highest BCUT2D eigenvalue weighted by Gasteiger charge is 2.39. The summed E-state index contributed by atoms with van der Waals surface area (Å²) in [6, 6.07) is 2.73. The van der Waals surface area contributed by atoms with Crippen molar-refractivity contribution in [2.75, 3.05) is 0 Å². The third-order valence-corrected chi connectivity index (χ3v) is 6.62. The lowest BCUT2D eigenvalue weighted by Gasteiger charge is -2.41. The molecule has 0 spiro atoms. The molecule has 0 radical (unpaired) electrons. The maximum atomic E-state index is 9.70. The van der Waals surface area contributed by atoms with Gasteiger partial charge in [-0.15, -0.1) is 0 Å². The first kappa shape index (κ1) is 17.8. The summed E-state index contributed by atoms with van der Waals surface area (Å²) in [6.07, 6.45) is 18.9. The molecule has 0 heterocycles. The molecule has 0 saturated heterocycles. The highest BCUT2D eigenvalue weighted by Crippen LogP contribution is 2.48. The van der Waals surface area contributed by atoms with Crippen molar-refractivity contribution in [3.05, 3.63) is 0 Å². The fourth-order valence-electron chi connectivity index (χ4n) is 5.31. The molecule has 2 aliphatic carbocycles. The second-order valence-electron chi connectivity index (χ2n) is 8.28. The van der Waals surface area contributed by atoms with Crippen molar-refractivity contribution < 1.29 is 0 Å². The molecule has 2 saturated carbocycles. The Bertz CT molecular complexity index is 343. The van der Waals surface area contributed by atoms with Gasteiger partial charge >= 0.3 is 0 Å². The fourth-order valence-corrected chi connectivity index (χ4v) is 5.31. The average molecular weight is 304 g/mol. The summed E-state index contributed by atoms with van der Waals surface area (Å²) in [6.45, 7) is 4.54. The Balaban J connectivity index is 1.80. The molecule has 1 heteroatoms. The van der Waals surface area contributed by atoms with Gasteiger partial charge in [-0.1, -0.05) is 71.6 Å². The van der Waals surface area contributed by atoms with Crippen molar-refractivity contribution in [2.45, 2.75) is 104 Å². The van der Waals surface area contributed by atoms with Crippen molar-refractivity contribution in [3.63, 3.8) is 0 Å². The van der Waals surface area contributed by atoms with Crippen molar-refractivity contribution in [1.82, 2.24) is 0 Å². The van der Waals surface area contributed by atoms with Gasteiger partial charge in [0.2, 0.25) is 0 Å². The Morgan fingerprint density at radius 1 is 0.955 bits per heavy atom. The summed E-state index contributed by atoms with van der Waals surface area (Å²) in [5, 5.41) is 9.70. The highest BCUT2D eigenvalue weighted by atomic mass is 14.5. The van der Waals surface area contributed by atoms with Crippen LogP contribution >= 0.6 is 0 Å². The van der Waals surface area contributed by atoms with E-state index in [1.807, 2.05) is 0 Å². The largest absolute Gasteiger partial charge is 0.198 e. The van der Waals surface area contributed by atoms with Gasteiger partial charge in [-0.3, -0.25) is 0 Å². The first-order valence-corrected chi connectivity index (χ1v) is 10.1. The molecular weight excluding hydrogens is 266 g/mol. The van der Waals surface area contributed by atoms with Crippen LogP contribution in [0.1, 0.15) is 104 Å². The zero-order chi connectivity index (χ0) is 15.8. The van der Waals surface area contributed by atoms with Gasteiger partial charge in [0.15, 0.2) is 0 Å². The second kappa shape index (κ2) is 8.95. The van der Waals surface area contributed by atoms with E-state index in [9.17, 15) is 5.26 Å². The second-order valence-corrected chi connectivity index (χ2v) is 8.28. The molecule has 22 heavy (non-hydrogen) atoms. The van der Waals surface area contributed by atoms with E-state index in [4.69, 9.17) is 0 Å². The molecule has 0 aromatic carbocycles. The van der Waals surface area contributed by atoms with Crippen LogP contribution in [0.25, 0.3) is 0 Å². The zero-order valence-electron chi connectivity index (χ0n) is 15.1. The van der Waals surface area contributed by atoms with Crippen LogP contribution in [0.4, 0.5) is 0 Å². The number of hydrogen-bond donors (Lipinski definition) is 0. The van der Waals surface area contributed by atoms with Gasteiger partial charge in [0, 0.05) is 0 Å². The van der Waals surface area contributed by atoms with E-state index in [1.54, 1.807) is 0 Å². The van der Waals surface area contributed by atoms with E-state index in [2.05, 4.69) is 19.9 Å². The van der Waals surface area contributed by atoms with E-state index in [0.717, 1.165) is 24.2 Å². The molecule has 2 atom stereocenters. The summed E-state index contributed by atoms with van der Waals surface area (Å²) < 4.78 is 0. The standard InChI is InChI=1S/C21H37N/c1-3-5-6-8-18-10-12-19(13-11-18)20-9-7-15-21(16-20,17-22)14-4-2/h18-20H,3-16H2,1-2H3/t18?,19?,20-,21+/m1/s1. The molecule has 1 nitrogen and oxygen atoms in total. The van der Waals surface area contributed by atoms with Crippen molar-refractivity contribution >= 4 is 0 Å². The molecule has 0 bridgehead atoms. The minimum atomic E-state index is 0.0373. The Morgan fingerprint density at radius 3 is 2.36 bits per heavy atom. The first-order chi connectivity index (χ1) is 10.7. The summed E-state index contributed by atoms with van der Waals surface area (Å²) >= 11 is 0. The van der Waals surface area contributed by atoms with E-state index in [0.29, 0.717) is 0 Å². The molecule has 0 amide bonds. The smallest absolute Gasteiger partial charge is 0.0689 e. The fraction of sp³-hybridized carbons (Fsp3) is 0.952. The van der Waals surface area contributed by atoms with Gasteiger partial charge in [0.25, 0.3) is 0 Å². The third kappa shape index (κ3) is 4.74. The van der Waals surface area contributed by atoms with Gasteiger partial charge in [-0.2, -0.15) is 5.26 Å². The van der Waals surface area contributed by atoms with Gasteiger partial charge in [-0.25, -0.2) is 0 Å². The van der Waals surface area contributed by atoms with E-state index in [-0.39, 0.29) is 5.41 Å². The van der Waals surface area contributed by atoms with Crippen molar-refractivity contribution in [3.8, 4) is 6.07 Å². The lowest BCUT2D eigenvalue weighted by Crippen LogP contribution is -2.32. The molecular formula is C21H37N. The maximum absolute atomic E-state index is 9.70. The van der Waals surface area contributed by atoms with Gasteiger partial charge < -0.3 is 0 Å². The van der Waals surface area contributed by atoms with Crippen LogP contribution in [0, 0.1) is 34.5 Å². The summed E-state index contributed by atoms with van der Waals surface area (Å²) in [7, 11) is 0. The Morgan fingerprint density at radius 2 is 1.73 bits per heavy atom. The van der Waals surface area contributed by atoms with Crippen LogP contribution < -0.4 is 0 Å². The van der Waals surface area contributed by atoms with Gasteiger partial charge in [0.05, 0.1) is 11.5 Å². The molecule has 0 N–H and O–H groups in total. The average Bonchev–Trinajstić information content (AvgIpc) is 2.56. The lowest BCUT2D eigenvalue weighted by molar-refractivity contribution is 0.103. The SMILES string of the molecule is CCCCCC1CCC([C@@H]2CCC[C@@](C#N)(CCC)C2)CC1. The number of hydrogen-bond acceptors (Lipinski definition) is 1. The normalized spacial score (nSPS) is 36.0. The van der Waals surface area contributed by atoms with E-state index < -0.39 is 0 Å². The molecule has 0 aromatic heterocycles. The van der Waals surface area contributed by atoms with Crippen LogP contribution in [0.3, 0.4) is 0 Å². The monoisotopic (exact) mass is 303 g/mol. The topological polar surface area (TPSA) is 23.8 Å². The Labute approximate surface area is 138 Å². The number of unbranched alkanes of at least 4 members (excludes halogenated alkanes) is 2. The van der Waals surface area contributed by atoms with Crippen LogP contribution in [-0.2, 0) is 0 Å². The Kier molecular flexibility index (Phi) is 7.26. The molecule has 0 aromatic rings. The number of nitrogens with zero attached hydrogens (tertiary/aromatic N) is 1. The minimum absolute atomic E-state index is 0.0373. The van der Waals surface area contributed by atoms with Crippen LogP contribution in [0.15, 0.2) is 0 Å². The lowest BCUT2D eigenvalue weighted by atomic mass is 9.62. The Hall–Kier alpha value is -0.510. The van der Waals surface area contributed by atoms with E-state index >= 15 is 0 Å². The molecule has 0 unspecified atom stereocenters. The van der Waals surface area contributed by atoms with E-state index in [1.165, 1.54) is 83.5 Å². The van der Waals surface area contributed by atoms with Crippen molar-refractivity contribution in [2.24, 2.45) is 23.2 Å². The van der Waals surface area contributed by atoms with Crippen LogP contribution in [-0.4, -0.2) is 0 Å². The quantitative estimate of drug-likeness (QED) is 0.470. The predicted molar refractivity (Wildman–Crippen MR) is 94.5 cm³/mol. The molecule has 0 aliphatic heterocycles. The summed E-state index contributed by atoms with van der Waals surface area (Å²) in [4.78, 5) is 0. The first-order valence-electron chi connectivity index (χ1n) is 10.1. The summed E-state index contributed by atoms with van der Waals surface area (Å²) in [5.74, 6) is 2.81. The molecule has 2 rings (SSSR count).